The van der Waals surface area contributed by atoms with Crippen molar-refractivity contribution < 1.29 is 14.7 Å². The predicted octanol–water partition coefficient (Wildman–Crippen LogP) is 5.77. The van der Waals surface area contributed by atoms with Gasteiger partial charge in [0.05, 0.1) is 11.0 Å². The van der Waals surface area contributed by atoms with E-state index in [1.165, 1.54) is 4.57 Å². The van der Waals surface area contributed by atoms with Crippen molar-refractivity contribution in [3.63, 3.8) is 0 Å². The Morgan fingerprint density at radius 3 is 2.51 bits per heavy atom. The van der Waals surface area contributed by atoms with Crippen LogP contribution in [0, 0.1) is 6.92 Å². The smallest absolute Gasteiger partial charge is 0.313 e. The molecular formula is C27H21N5O3. The lowest BCUT2D eigenvalue weighted by Crippen LogP contribution is -2.18. The molecule has 0 aliphatic rings. The summed E-state index contributed by atoms with van der Waals surface area (Å²) in [6, 6.07) is 25.3. The Hall–Kier alpha value is -4.85. The molecule has 8 nitrogen and oxygen atoms in total. The van der Waals surface area contributed by atoms with Crippen LogP contribution in [0.2, 0.25) is 0 Å². The van der Waals surface area contributed by atoms with Crippen molar-refractivity contribution in [2.45, 2.75) is 13.5 Å². The van der Waals surface area contributed by atoms with E-state index in [0.29, 0.717) is 22.1 Å². The van der Waals surface area contributed by atoms with Gasteiger partial charge in [0.2, 0.25) is 11.8 Å². The maximum absolute atomic E-state index is 12.7. The summed E-state index contributed by atoms with van der Waals surface area (Å²) in [5.74, 6) is -1.21. The van der Waals surface area contributed by atoms with Gasteiger partial charge in [0.25, 0.3) is 0 Å². The Morgan fingerprint density at radius 2 is 1.69 bits per heavy atom. The van der Waals surface area contributed by atoms with Gasteiger partial charge in [0, 0.05) is 16.5 Å². The van der Waals surface area contributed by atoms with Crippen molar-refractivity contribution in [2.24, 2.45) is 10.2 Å². The molecule has 0 fully saturated rings. The van der Waals surface area contributed by atoms with E-state index >= 15 is 0 Å². The fraction of sp³-hybridized carbons (Fsp3) is 0.0741. The average molecular weight is 463 g/mol. The zero-order chi connectivity index (χ0) is 24.4. The van der Waals surface area contributed by atoms with Crippen LogP contribution in [0.15, 0.2) is 95.2 Å². The molecule has 2 amide bonds. The number of nitrogens with one attached hydrogen (secondary N) is 1. The van der Waals surface area contributed by atoms with Gasteiger partial charge in [-0.25, -0.2) is 4.98 Å². The second kappa shape index (κ2) is 9.18. The van der Waals surface area contributed by atoms with E-state index in [4.69, 9.17) is 0 Å². The first kappa shape index (κ1) is 22.0. The number of fused-ring (bicyclic) bond motifs is 2. The number of carbonyl (C=O) groups is 2. The number of aryl methyl sites for hydroxylation is 1. The second-order valence-electron chi connectivity index (χ2n) is 8.08. The standard InChI is InChI=1S/C27H21N5O3/c1-17-10-13-19(14-11-17)28-24(33)16-32-23-9-5-3-7-20(23)25(27(32)35)30-31-26(34)22-15-12-18-6-2-4-8-21(18)29-22/h2-15,35H,16H2,1H3,(H,28,33). The van der Waals surface area contributed by atoms with E-state index in [2.05, 4.69) is 20.5 Å². The van der Waals surface area contributed by atoms with Crippen LogP contribution >= 0.6 is 0 Å². The molecule has 172 valence electrons. The molecule has 2 heterocycles. The molecular weight excluding hydrogens is 442 g/mol. The van der Waals surface area contributed by atoms with Crippen LogP contribution in [0.1, 0.15) is 16.1 Å². The molecule has 2 aromatic heterocycles. The van der Waals surface area contributed by atoms with Gasteiger partial charge in [-0.15, -0.1) is 10.2 Å². The minimum absolute atomic E-state index is 0.109. The third-order valence-electron chi connectivity index (χ3n) is 5.61. The Bertz CT molecular complexity index is 1600. The van der Waals surface area contributed by atoms with Crippen molar-refractivity contribution in [3.8, 4) is 5.88 Å². The monoisotopic (exact) mass is 463 g/mol. The number of aromatic nitrogens is 2. The van der Waals surface area contributed by atoms with Gasteiger partial charge in [-0.2, -0.15) is 0 Å². The molecule has 0 atom stereocenters. The van der Waals surface area contributed by atoms with E-state index in [-0.39, 0.29) is 29.7 Å². The van der Waals surface area contributed by atoms with Crippen LogP contribution in [-0.2, 0) is 11.3 Å². The normalized spacial score (nSPS) is 11.3. The zero-order valence-electron chi connectivity index (χ0n) is 18.8. The van der Waals surface area contributed by atoms with E-state index in [0.717, 1.165) is 10.9 Å². The highest BCUT2D eigenvalue weighted by atomic mass is 16.3. The summed E-state index contributed by atoms with van der Waals surface area (Å²) in [5.41, 5.74) is 3.26. The van der Waals surface area contributed by atoms with Crippen molar-refractivity contribution in [3.05, 3.63) is 96.2 Å². The van der Waals surface area contributed by atoms with Gasteiger partial charge in [-0.1, -0.05) is 60.2 Å². The fourth-order valence-corrected chi connectivity index (χ4v) is 3.84. The minimum Gasteiger partial charge on any atom is -0.493 e. The highest BCUT2D eigenvalue weighted by molar-refractivity contribution is 5.99. The number of hydrogen-bond acceptors (Lipinski definition) is 5. The number of rotatable bonds is 5. The average Bonchev–Trinajstić information content (AvgIpc) is 3.14. The first-order chi connectivity index (χ1) is 17.0. The van der Waals surface area contributed by atoms with E-state index in [9.17, 15) is 14.7 Å². The quantitative estimate of drug-likeness (QED) is 0.323. The summed E-state index contributed by atoms with van der Waals surface area (Å²) in [5, 5.41) is 23.0. The molecule has 8 heteroatoms. The molecule has 5 aromatic rings. The van der Waals surface area contributed by atoms with Crippen molar-refractivity contribution >= 4 is 45.0 Å². The van der Waals surface area contributed by atoms with E-state index in [1.54, 1.807) is 36.4 Å². The van der Waals surface area contributed by atoms with Crippen LogP contribution in [0.3, 0.4) is 0 Å². The van der Waals surface area contributed by atoms with Crippen LogP contribution in [0.25, 0.3) is 21.8 Å². The first-order valence-electron chi connectivity index (χ1n) is 11.0. The first-order valence-corrected chi connectivity index (χ1v) is 11.0. The highest BCUT2D eigenvalue weighted by Crippen LogP contribution is 2.38. The second-order valence-corrected chi connectivity index (χ2v) is 8.08. The largest absolute Gasteiger partial charge is 0.493 e. The van der Waals surface area contributed by atoms with Gasteiger partial charge in [-0.05, 0) is 37.3 Å². The number of nitrogens with zero attached hydrogens (tertiary/aromatic N) is 4. The molecule has 0 spiro atoms. The summed E-state index contributed by atoms with van der Waals surface area (Å²) >= 11 is 0. The molecule has 5 rings (SSSR count). The maximum atomic E-state index is 12.7. The molecule has 0 saturated carbocycles. The highest BCUT2D eigenvalue weighted by Gasteiger charge is 2.19. The molecule has 3 aromatic carbocycles. The van der Waals surface area contributed by atoms with Crippen LogP contribution < -0.4 is 5.32 Å². The number of amides is 2. The summed E-state index contributed by atoms with van der Waals surface area (Å²) in [6.45, 7) is 1.82. The van der Waals surface area contributed by atoms with E-state index < -0.39 is 5.91 Å². The van der Waals surface area contributed by atoms with Gasteiger partial charge in [0.1, 0.15) is 12.2 Å². The molecule has 0 bridgehead atoms. The molecule has 2 N–H and O–H groups in total. The molecule has 0 radical (unpaired) electrons. The van der Waals surface area contributed by atoms with Crippen LogP contribution in [-0.4, -0.2) is 26.5 Å². The minimum atomic E-state index is -0.635. The molecule has 0 saturated heterocycles. The lowest BCUT2D eigenvalue weighted by atomic mass is 10.2. The summed E-state index contributed by atoms with van der Waals surface area (Å²) in [7, 11) is 0. The van der Waals surface area contributed by atoms with Crippen molar-refractivity contribution in [1.82, 2.24) is 9.55 Å². The summed E-state index contributed by atoms with van der Waals surface area (Å²) in [6.07, 6.45) is 0. The summed E-state index contributed by atoms with van der Waals surface area (Å²) in [4.78, 5) is 29.7. The SMILES string of the molecule is Cc1ccc(NC(=O)Cn2c(O)c(N=NC(=O)c3ccc4ccccc4n3)c3ccccc32)cc1. The third kappa shape index (κ3) is 4.49. The van der Waals surface area contributed by atoms with Crippen molar-refractivity contribution in [2.75, 3.05) is 5.32 Å². The number of pyridine rings is 1. The number of para-hydroxylation sites is 2. The molecule has 35 heavy (non-hydrogen) atoms. The Labute approximate surface area is 200 Å². The number of hydrogen-bond donors (Lipinski definition) is 2. The lowest BCUT2D eigenvalue weighted by Gasteiger charge is -2.08. The van der Waals surface area contributed by atoms with Gasteiger partial charge >= 0.3 is 5.91 Å². The van der Waals surface area contributed by atoms with Crippen LogP contribution in [0.5, 0.6) is 5.88 Å². The Morgan fingerprint density at radius 1 is 0.943 bits per heavy atom. The molecule has 0 aliphatic heterocycles. The fourth-order valence-electron chi connectivity index (χ4n) is 3.84. The Balaban J connectivity index is 1.42. The van der Waals surface area contributed by atoms with Gasteiger partial charge in [-0.3, -0.25) is 9.59 Å². The van der Waals surface area contributed by atoms with Crippen molar-refractivity contribution in [1.29, 1.82) is 0 Å². The van der Waals surface area contributed by atoms with E-state index in [1.807, 2.05) is 55.5 Å². The maximum Gasteiger partial charge on any atom is 0.313 e. The number of benzene rings is 3. The number of aromatic hydroxyl groups is 1. The lowest BCUT2D eigenvalue weighted by molar-refractivity contribution is -0.116. The number of carbonyl (C=O) groups excluding carboxylic acids is 2. The number of azo groups is 1. The Kier molecular flexibility index (Phi) is 5.76. The topological polar surface area (TPSA) is 109 Å². The zero-order valence-corrected chi connectivity index (χ0v) is 18.8. The molecule has 0 aliphatic carbocycles. The van der Waals surface area contributed by atoms with Crippen LogP contribution in [0.4, 0.5) is 11.4 Å². The van der Waals surface area contributed by atoms with Gasteiger partial charge in [0.15, 0.2) is 5.69 Å². The number of anilines is 1. The third-order valence-corrected chi connectivity index (χ3v) is 5.61. The molecule has 0 unspecified atom stereocenters. The predicted molar refractivity (Wildman–Crippen MR) is 134 cm³/mol. The summed E-state index contributed by atoms with van der Waals surface area (Å²) < 4.78 is 1.44. The van der Waals surface area contributed by atoms with Gasteiger partial charge < -0.3 is 15.0 Å².